The van der Waals surface area contributed by atoms with Crippen molar-refractivity contribution in [3.05, 3.63) is 35.6 Å². The monoisotopic (exact) mass is 194 g/mol. The normalized spacial score (nSPS) is 11.7. The zero-order valence-corrected chi connectivity index (χ0v) is 6.44. The van der Waals surface area contributed by atoms with E-state index < -0.39 is 18.8 Å². The Labute approximate surface area is 71.9 Å². The van der Waals surface area contributed by atoms with Crippen LogP contribution in [0.25, 0.3) is 0 Å². The van der Waals surface area contributed by atoms with Gasteiger partial charge in [0.2, 0.25) is 0 Å². The van der Waals surface area contributed by atoms with Crippen LogP contribution < -0.4 is 0 Å². The van der Waals surface area contributed by atoms with Crippen molar-refractivity contribution in [3.63, 3.8) is 0 Å². The van der Waals surface area contributed by atoms with E-state index in [1.165, 1.54) is 12.1 Å². The Morgan fingerprint density at radius 2 is 1.62 bits per heavy atom. The van der Waals surface area contributed by atoms with Gasteiger partial charge in [0, 0.05) is 0 Å². The molecule has 1 aromatic rings. The van der Waals surface area contributed by atoms with Crippen LogP contribution in [0.2, 0.25) is 0 Å². The van der Waals surface area contributed by atoms with Crippen molar-refractivity contribution < 1.29 is 22.3 Å². The van der Waals surface area contributed by atoms with Crippen molar-refractivity contribution in [2.45, 2.75) is 13.0 Å². The molecular formula is C8H6F4O. The standard InChI is InChI=1S/C8H6F4O/c9-7-3-1-6(2-4-7)5-13-8(10,11)12/h1-4H,5H2. The highest BCUT2D eigenvalue weighted by molar-refractivity contribution is 5.14. The first-order valence-electron chi connectivity index (χ1n) is 3.42. The van der Waals surface area contributed by atoms with E-state index in [0.717, 1.165) is 12.1 Å². The van der Waals surface area contributed by atoms with Gasteiger partial charge < -0.3 is 0 Å². The molecule has 0 N–H and O–H groups in total. The van der Waals surface area contributed by atoms with E-state index in [9.17, 15) is 17.6 Å². The second-order valence-corrected chi connectivity index (χ2v) is 2.36. The molecule has 0 atom stereocenters. The Kier molecular flexibility index (Phi) is 2.87. The molecule has 0 saturated carbocycles. The van der Waals surface area contributed by atoms with Crippen LogP contribution in [0.4, 0.5) is 17.6 Å². The first-order valence-corrected chi connectivity index (χ1v) is 3.42. The topological polar surface area (TPSA) is 9.23 Å². The highest BCUT2D eigenvalue weighted by atomic mass is 19.4. The van der Waals surface area contributed by atoms with Gasteiger partial charge in [0.1, 0.15) is 5.82 Å². The van der Waals surface area contributed by atoms with E-state index in [2.05, 4.69) is 4.74 Å². The van der Waals surface area contributed by atoms with Gasteiger partial charge in [-0.2, -0.15) is 0 Å². The molecule has 0 radical (unpaired) electrons. The summed E-state index contributed by atoms with van der Waals surface area (Å²) >= 11 is 0. The highest BCUT2D eigenvalue weighted by Gasteiger charge is 2.28. The van der Waals surface area contributed by atoms with Crippen molar-refractivity contribution in [2.24, 2.45) is 0 Å². The van der Waals surface area contributed by atoms with Gasteiger partial charge in [-0.3, -0.25) is 4.74 Å². The average molecular weight is 194 g/mol. The minimum absolute atomic E-state index is 0.277. The summed E-state index contributed by atoms with van der Waals surface area (Å²) in [6, 6.07) is 4.63. The zero-order valence-electron chi connectivity index (χ0n) is 6.44. The summed E-state index contributed by atoms with van der Waals surface area (Å²) in [7, 11) is 0. The first-order chi connectivity index (χ1) is 5.97. The number of hydrogen-bond donors (Lipinski definition) is 0. The second kappa shape index (κ2) is 3.74. The maximum atomic E-state index is 12.3. The van der Waals surface area contributed by atoms with Gasteiger partial charge in [-0.1, -0.05) is 12.1 Å². The van der Waals surface area contributed by atoms with E-state index >= 15 is 0 Å². The number of ether oxygens (including phenoxy) is 1. The molecule has 13 heavy (non-hydrogen) atoms. The molecule has 0 heterocycles. The Hall–Kier alpha value is -1.10. The van der Waals surface area contributed by atoms with E-state index in [4.69, 9.17) is 0 Å². The lowest BCUT2D eigenvalue weighted by molar-refractivity contribution is -0.330. The summed E-state index contributed by atoms with van der Waals surface area (Å²) in [5, 5.41) is 0. The van der Waals surface area contributed by atoms with Crippen LogP contribution in [0.15, 0.2) is 24.3 Å². The lowest BCUT2D eigenvalue weighted by Crippen LogP contribution is -2.12. The number of benzene rings is 1. The van der Waals surface area contributed by atoms with Crippen LogP contribution in [0.3, 0.4) is 0 Å². The zero-order chi connectivity index (χ0) is 9.90. The summed E-state index contributed by atoms with van der Waals surface area (Å²) in [5.41, 5.74) is 0.277. The van der Waals surface area contributed by atoms with Gasteiger partial charge >= 0.3 is 6.36 Å². The number of alkyl halides is 3. The molecule has 0 aliphatic heterocycles. The van der Waals surface area contributed by atoms with Crippen molar-refractivity contribution in [1.82, 2.24) is 0 Å². The van der Waals surface area contributed by atoms with Gasteiger partial charge in [0.15, 0.2) is 0 Å². The molecule has 0 bridgehead atoms. The fraction of sp³-hybridized carbons (Fsp3) is 0.250. The lowest BCUT2D eigenvalue weighted by Gasteiger charge is -2.06. The van der Waals surface area contributed by atoms with Crippen molar-refractivity contribution in [3.8, 4) is 0 Å². The molecule has 0 unspecified atom stereocenters. The minimum atomic E-state index is -4.64. The van der Waals surface area contributed by atoms with Gasteiger partial charge in [0.25, 0.3) is 0 Å². The highest BCUT2D eigenvalue weighted by Crippen LogP contribution is 2.18. The second-order valence-electron chi connectivity index (χ2n) is 2.36. The molecule has 1 nitrogen and oxygen atoms in total. The minimum Gasteiger partial charge on any atom is -0.287 e. The molecular weight excluding hydrogens is 188 g/mol. The Morgan fingerprint density at radius 3 is 2.08 bits per heavy atom. The molecule has 72 valence electrons. The molecule has 0 aliphatic rings. The molecule has 1 rings (SSSR count). The van der Waals surface area contributed by atoms with E-state index in [-0.39, 0.29) is 5.56 Å². The third-order valence-corrected chi connectivity index (χ3v) is 1.32. The molecule has 0 amide bonds. The maximum absolute atomic E-state index is 12.3. The summed E-state index contributed by atoms with van der Waals surface area (Å²) in [6.45, 7) is -0.593. The SMILES string of the molecule is Fc1ccc(COC(F)(F)F)cc1. The molecule has 0 spiro atoms. The molecule has 0 fully saturated rings. The molecule has 0 aliphatic carbocycles. The molecule has 5 heteroatoms. The largest absolute Gasteiger partial charge is 0.522 e. The molecule has 1 aromatic carbocycles. The quantitative estimate of drug-likeness (QED) is 0.657. The molecule has 0 aromatic heterocycles. The van der Waals surface area contributed by atoms with Crippen LogP contribution in [-0.4, -0.2) is 6.36 Å². The van der Waals surface area contributed by atoms with E-state index in [0.29, 0.717) is 0 Å². The number of halogens is 4. The predicted octanol–water partition coefficient (Wildman–Crippen LogP) is 2.86. The summed E-state index contributed by atoms with van der Waals surface area (Å²) in [5.74, 6) is -0.490. The number of hydrogen-bond acceptors (Lipinski definition) is 1. The van der Waals surface area contributed by atoms with Crippen LogP contribution in [-0.2, 0) is 11.3 Å². The van der Waals surface area contributed by atoms with E-state index in [1.807, 2.05) is 0 Å². The fourth-order valence-corrected chi connectivity index (χ4v) is 0.746. The maximum Gasteiger partial charge on any atom is 0.522 e. The van der Waals surface area contributed by atoms with Gasteiger partial charge in [-0.05, 0) is 17.7 Å². The van der Waals surface area contributed by atoms with E-state index in [1.54, 1.807) is 0 Å². The predicted molar refractivity (Wildman–Crippen MR) is 37.2 cm³/mol. The Morgan fingerprint density at radius 1 is 1.08 bits per heavy atom. The third kappa shape index (κ3) is 3.89. The lowest BCUT2D eigenvalue weighted by atomic mass is 10.2. The van der Waals surface area contributed by atoms with Crippen LogP contribution in [0.1, 0.15) is 5.56 Å². The van der Waals surface area contributed by atoms with Gasteiger partial charge in [-0.15, -0.1) is 13.2 Å². The first kappa shape index (κ1) is 9.98. The fourth-order valence-electron chi connectivity index (χ4n) is 0.746. The third-order valence-electron chi connectivity index (χ3n) is 1.32. The number of rotatable bonds is 2. The summed E-state index contributed by atoms with van der Waals surface area (Å²) in [4.78, 5) is 0. The van der Waals surface area contributed by atoms with Crippen LogP contribution in [0, 0.1) is 5.82 Å². The van der Waals surface area contributed by atoms with Gasteiger partial charge in [-0.25, -0.2) is 4.39 Å². The summed E-state index contributed by atoms with van der Waals surface area (Å²) < 4.78 is 50.4. The summed E-state index contributed by atoms with van der Waals surface area (Å²) in [6.07, 6.45) is -4.64. The smallest absolute Gasteiger partial charge is 0.287 e. The van der Waals surface area contributed by atoms with Crippen LogP contribution in [0.5, 0.6) is 0 Å². The Bertz CT molecular complexity index is 264. The van der Waals surface area contributed by atoms with Gasteiger partial charge in [0.05, 0.1) is 6.61 Å². The molecule has 0 saturated heterocycles. The average Bonchev–Trinajstić information content (AvgIpc) is 2.02. The van der Waals surface area contributed by atoms with Crippen molar-refractivity contribution in [2.75, 3.05) is 0 Å². The Balaban J connectivity index is 2.51. The van der Waals surface area contributed by atoms with Crippen molar-refractivity contribution in [1.29, 1.82) is 0 Å². The van der Waals surface area contributed by atoms with Crippen LogP contribution >= 0.6 is 0 Å². The van der Waals surface area contributed by atoms with Crippen molar-refractivity contribution >= 4 is 0 Å².